The molecule has 1 aromatic carbocycles. The Balaban J connectivity index is 1.87. The molecule has 0 radical (unpaired) electrons. The van der Waals surface area contributed by atoms with Crippen LogP contribution in [-0.2, 0) is 11.2 Å². The smallest absolute Gasteiger partial charge is 0.391 e. The van der Waals surface area contributed by atoms with E-state index >= 15 is 0 Å². The molecular weight excluding hydrogens is 403 g/mol. The molecule has 0 fully saturated rings. The van der Waals surface area contributed by atoms with Crippen molar-refractivity contribution in [2.75, 3.05) is 6.61 Å². The van der Waals surface area contributed by atoms with Gasteiger partial charge in [-0.2, -0.15) is 13.2 Å². The summed E-state index contributed by atoms with van der Waals surface area (Å²) in [5.41, 5.74) is 3.16. The zero-order valence-corrected chi connectivity index (χ0v) is 18.4. The Morgan fingerprint density at radius 1 is 0.968 bits per heavy atom. The van der Waals surface area contributed by atoms with Crippen molar-refractivity contribution in [1.29, 1.82) is 0 Å². The number of hydrogen-bond donors (Lipinski definition) is 0. The predicted molar refractivity (Wildman–Crippen MR) is 117 cm³/mol. The van der Waals surface area contributed by atoms with Gasteiger partial charge in [-0.05, 0) is 43.0 Å². The third kappa shape index (κ3) is 8.35. The minimum absolute atomic E-state index is 0.0831. The third-order valence-corrected chi connectivity index (χ3v) is 5.35. The number of carbonyl (C=O) groups is 1. The number of aryl methyl sites for hydroxylation is 1. The molecule has 0 saturated carbocycles. The second-order valence-electron chi connectivity index (χ2n) is 7.89. The van der Waals surface area contributed by atoms with Gasteiger partial charge in [-0.1, -0.05) is 64.2 Å². The summed E-state index contributed by atoms with van der Waals surface area (Å²) in [6, 6.07) is 10.7. The van der Waals surface area contributed by atoms with Gasteiger partial charge in [0.2, 0.25) is 0 Å². The highest BCUT2D eigenvalue weighted by atomic mass is 19.4. The van der Waals surface area contributed by atoms with Crippen molar-refractivity contribution in [1.82, 2.24) is 4.98 Å². The number of aromatic nitrogens is 1. The van der Waals surface area contributed by atoms with E-state index in [4.69, 9.17) is 4.74 Å². The lowest BCUT2D eigenvalue weighted by atomic mass is 9.97. The standard InChI is InChI=1S/C25H32F3NO2/c1-3-5-6-7-9-22(25(26,27)28)16-17-31-24(30)21-13-11-20(12-14-21)23-15-10-19(8-4-2)18-29-23/h10-15,18,22H,3-9,16-17H2,1-2H3. The van der Waals surface area contributed by atoms with Crippen LogP contribution in [-0.4, -0.2) is 23.7 Å². The fraction of sp³-hybridized carbons (Fsp3) is 0.520. The Bertz CT molecular complexity index is 786. The molecule has 170 valence electrons. The molecule has 0 amide bonds. The minimum Gasteiger partial charge on any atom is -0.462 e. The first kappa shape index (κ1) is 24.9. The number of rotatable bonds is 12. The molecule has 0 aliphatic rings. The Labute approximate surface area is 183 Å². The second-order valence-corrected chi connectivity index (χ2v) is 7.89. The first-order valence-corrected chi connectivity index (χ1v) is 11.1. The van der Waals surface area contributed by atoms with E-state index in [0.29, 0.717) is 12.0 Å². The normalized spacial score (nSPS) is 12.5. The lowest BCUT2D eigenvalue weighted by molar-refractivity contribution is -0.180. The van der Waals surface area contributed by atoms with Crippen molar-refractivity contribution in [3.05, 3.63) is 53.7 Å². The van der Waals surface area contributed by atoms with Gasteiger partial charge in [0, 0.05) is 11.8 Å². The number of halogens is 3. The fourth-order valence-electron chi connectivity index (χ4n) is 3.48. The average Bonchev–Trinajstić information content (AvgIpc) is 2.75. The Morgan fingerprint density at radius 2 is 1.71 bits per heavy atom. The molecular formula is C25H32F3NO2. The van der Waals surface area contributed by atoms with Gasteiger partial charge in [-0.15, -0.1) is 0 Å². The number of nitrogens with zero attached hydrogens (tertiary/aromatic N) is 1. The second kappa shape index (κ2) is 12.5. The van der Waals surface area contributed by atoms with Gasteiger partial charge in [0.05, 0.1) is 23.8 Å². The maximum absolute atomic E-state index is 13.2. The minimum atomic E-state index is -4.26. The zero-order valence-electron chi connectivity index (χ0n) is 18.4. The largest absolute Gasteiger partial charge is 0.462 e. The van der Waals surface area contributed by atoms with Crippen LogP contribution < -0.4 is 0 Å². The third-order valence-electron chi connectivity index (χ3n) is 5.35. The molecule has 1 aromatic heterocycles. The van der Waals surface area contributed by atoms with Crippen LogP contribution in [0.25, 0.3) is 11.3 Å². The number of ether oxygens (including phenoxy) is 1. The van der Waals surface area contributed by atoms with Crippen molar-refractivity contribution in [3.63, 3.8) is 0 Å². The summed E-state index contributed by atoms with van der Waals surface area (Å²) in [5, 5.41) is 0. The van der Waals surface area contributed by atoms with Crippen LogP contribution >= 0.6 is 0 Å². The van der Waals surface area contributed by atoms with E-state index in [1.165, 1.54) is 5.56 Å². The molecule has 0 aliphatic carbocycles. The number of pyridine rings is 1. The highest BCUT2D eigenvalue weighted by molar-refractivity contribution is 5.90. The van der Waals surface area contributed by atoms with Crippen molar-refractivity contribution >= 4 is 5.97 Å². The van der Waals surface area contributed by atoms with Gasteiger partial charge < -0.3 is 4.74 Å². The van der Waals surface area contributed by atoms with E-state index in [1.807, 2.05) is 25.3 Å². The lowest BCUT2D eigenvalue weighted by Crippen LogP contribution is -2.25. The van der Waals surface area contributed by atoms with E-state index in [1.54, 1.807) is 24.3 Å². The molecule has 0 aliphatic heterocycles. The van der Waals surface area contributed by atoms with Gasteiger partial charge >= 0.3 is 12.1 Å². The molecule has 3 nitrogen and oxygen atoms in total. The number of esters is 1. The molecule has 1 heterocycles. The van der Waals surface area contributed by atoms with Crippen LogP contribution in [0.15, 0.2) is 42.6 Å². The number of hydrogen-bond acceptors (Lipinski definition) is 3. The number of carbonyl (C=O) groups excluding carboxylic acids is 1. The summed E-state index contributed by atoms with van der Waals surface area (Å²) in [5.74, 6) is -2.04. The molecule has 1 atom stereocenters. The van der Waals surface area contributed by atoms with E-state index in [-0.39, 0.29) is 19.4 Å². The fourth-order valence-corrected chi connectivity index (χ4v) is 3.48. The molecule has 6 heteroatoms. The van der Waals surface area contributed by atoms with Gasteiger partial charge in [-0.25, -0.2) is 4.79 Å². The molecule has 2 rings (SSSR count). The summed E-state index contributed by atoms with van der Waals surface area (Å²) < 4.78 is 44.7. The molecule has 31 heavy (non-hydrogen) atoms. The van der Waals surface area contributed by atoms with E-state index in [9.17, 15) is 18.0 Å². The van der Waals surface area contributed by atoms with Gasteiger partial charge in [0.25, 0.3) is 0 Å². The summed E-state index contributed by atoms with van der Waals surface area (Å²) in [4.78, 5) is 16.7. The van der Waals surface area contributed by atoms with E-state index < -0.39 is 18.1 Å². The summed E-state index contributed by atoms with van der Waals surface area (Å²) in [6.45, 7) is 3.90. The molecule has 0 saturated heterocycles. The van der Waals surface area contributed by atoms with Crippen molar-refractivity contribution < 1.29 is 22.7 Å². The van der Waals surface area contributed by atoms with E-state index in [2.05, 4.69) is 11.9 Å². The van der Waals surface area contributed by atoms with E-state index in [0.717, 1.165) is 43.4 Å². The topological polar surface area (TPSA) is 39.2 Å². The van der Waals surface area contributed by atoms with Crippen LogP contribution in [0.4, 0.5) is 13.2 Å². The van der Waals surface area contributed by atoms with Crippen LogP contribution in [0, 0.1) is 5.92 Å². The maximum Gasteiger partial charge on any atom is 0.391 e. The Kier molecular flexibility index (Phi) is 10.0. The van der Waals surface area contributed by atoms with Gasteiger partial charge in [0.1, 0.15) is 0 Å². The van der Waals surface area contributed by atoms with Gasteiger partial charge in [0.15, 0.2) is 0 Å². The highest BCUT2D eigenvalue weighted by Gasteiger charge is 2.38. The summed E-state index contributed by atoms with van der Waals surface area (Å²) in [7, 11) is 0. The molecule has 0 N–H and O–H groups in total. The maximum atomic E-state index is 13.2. The van der Waals surface area contributed by atoms with Crippen molar-refractivity contribution in [2.24, 2.45) is 5.92 Å². The molecule has 0 spiro atoms. The SMILES string of the molecule is CCCCCCC(CCOC(=O)c1ccc(-c2ccc(CCC)cn2)cc1)C(F)(F)F. The Hall–Kier alpha value is -2.37. The molecule has 1 unspecified atom stereocenters. The quantitative estimate of drug-likeness (QED) is 0.258. The monoisotopic (exact) mass is 435 g/mol. The van der Waals surface area contributed by atoms with Gasteiger partial charge in [-0.3, -0.25) is 4.98 Å². The van der Waals surface area contributed by atoms with Crippen molar-refractivity contribution in [3.8, 4) is 11.3 Å². The first-order valence-electron chi connectivity index (χ1n) is 11.1. The van der Waals surface area contributed by atoms with Crippen LogP contribution in [0.3, 0.4) is 0 Å². The average molecular weight is 436 g/mol. The summed E-state index contributed by atoms with van der Waals surface area (Å²) >= 11 is 0. The zero-order chi connectivity index (χ0) is 22.7. The number of alkyl halides is 3. The molecule has 2 aromatic rings. The molecule has 0 bridgehead atoms. The van der Waals surface area contributed by atoms with Crippen LogP contribution in [0.2, 0.25) is 0 Å². The highest BCUT2D eigenvalue weighted by Crippen LogP contribution is 2.33. The van der Waals surface area contributed by atoms with Crippen molar-refractivity contribution in [2.45, 2.75) is 71.4 Å². The lowest BCUT2D eigenvalue weighted by Gasteiger charge is -2.20. The number of benzene rings is 1. The predicted octanol–water partition coefficient (Wildman–Crippen LogP) is 7.40. The van der Waals surface area contributed by atoms with Crippen LogP contribution in [0.1, 0.15) is 74.7 Å². The number of unbranched alkanes of at least 4 members (excludes halogenated alkanes) is 3. The first-order chi connectivity index (χ1) is 14.8. The van der Waals surface area contributed by atoms with Crippen LogP contribution in [0.5, 0.6) is 0 Å². The summed E-state index contributed by atoms with van der Waals surface area (Å²) in [6.07, 6.45) is 2.76. The Morgan fingerprint density at radius 3 is 2.29 bits per heavy atom.